The van der Waals surface area contributed by atoms with Gasteiger partial charge in [0.15, 0.2) is 11.6 Å². The maximum atomic E-state index is 16.8. The number of methoxy groups -OCH3 is 1. The Balaban J connectivity index is 1.52. The molecule has 2 heterocycles. The minimum Gasteiger partial charge on any atom is -0.493 e. The summed E-state index contributed by atoms with van der Waals surface area (Å²) in [6, 6.07) is 25.6. The number of amides is 1. The zero-order chi connectivity index (χ0) is 30.0. The van der Waals surface area contributed by atoms with E-state index in [1.807, 2.05) is 72.2 Å². The SMILES string of the molecule is COc1cc(-c2nc3ccc(C(=O)NN)cc3n2C2(C)COC2)c(F)c(OCc2ccccc2)c1OCc1ccccc1. The largest absolute Gasteiger partial charge is 0.493 e. The van der Waals surface area contributed by atoms with Gasteiger partial charge in [-0.3, -0.25) is 10.2 Å². The summed E-state index contributed by atoms with van der Waals surface area (Å²) in [5, 5.41) is 0. The first-order chi connectivity index (χ1) is 20.9. The number of hydrogen-bond acceptors (Lipinski definition) is 7. The summed E-state index contributed by atoms with van der Waals surface area (Å²) >= 11 is 0. The number of aromatic nitrogens is 2. The number of nitrogens with two attached hydrogens (primary N) is 1. The Morgan fingerprint density at radius 3 is 2.16 bits per heavy atom. The summed E-state index contributed by atoms with van der Waals surface area (Å²) in [6.07, 6.45) is 0. The van der Waals surface area contributed by atoms with Crippen LogP contribution in [-0.4, -0.2) is 35.8 Å². The number of rotatable bonds is 10. The van der Waals surface area contributed by atoms with Crippen LogP contribution in [0.5, 0.6) is 17.2 Å². The Hall–Kier alpha value is -4.93. The van der Waals surface area contributed by atoms with E-state index < -0.39 is 17.3 Å². The molecule has 1 aliphatic rings. The van der Waals surface area contributed by atoms with Crippen LogP contribution >= 0.6 is 0 Å². The summed E-state index contributed by atoms with van der Waals surface area (Å²) < 4.78 is 42.3. The highest BCUT2D eigenvalue weighted by atomic mass is 19.1. The number of ether oxygens (including phenoxy) is 4. The highest BCUT2D eigenvalue weighted by Crippen LogP contribution is 2.47. The van der Waals surface area contributed by atoms with Gasteiger partial charge in [-0.05, 0) is 42.3 Å². The molecule has 3 N–H and O–H groups in total. The van der Waals surface area contributed by atoms with Crippen molar-refractivity contribution < 1.29 is 28.1 Å². The average Bonchev–Trinajstić information content (AvgIpc) is 3.41. The average molecular weight is 583 g/mol. The van der Waals surface area contributed by atoms with Gasteiger partial charge < -0.3 is 23.5 Å². The standard InChI is InChI=1S/C33H31FN4O5/c1-33(19-41-20-33)38-26-15-23(32(39)37-35)13-14-25(26)36-31(38)24-16-27(40-2)29(42-17-21-9-5-3-6-10-21)30(28(24)34)43-18-22-11-7-4-8-12-22/h3-16H,17-20,35H2,1-2H3,(H,37,39). The Morgan fingerprint density at radius 1 is 0.977 bits per heavy atom. The predicted molar refractivity (Wildman–Crippen MR) is 159 cm³/mol. The van der Waals surface area contributed by atoms with Crippen molar-refractivity contribution in [1.82, 2.24) is 15.0 Å². The molecule has 1 aromatic heterocycles. The highest BCUT2D eigenvalue weighted by Gasteiger charge is 2.40. The number of hydrogen-bond donors (Lipinski definition) is 2. The number of carbonyl (C=O) groups is 1. The number of nitrogen functional groups attached to an aromatic ring is 1. The van der Waals surface area contributed by atoms with E-state index in [1.54, 1.807) is 24.3 Å². The van der Waals surface area contributed by atoms with Gasteiger partial charge in [0.25, 0.3) is 5.91 Å². The topological polar surface area (TPSA) is 110 Å². The molecule has 1 amide bonds. The minimum atomic E-state index is -0.653. The molecule has 0 atom stereocenters. The van der Waals surface area contributed by atoms with Gasteiger partial charge in [-0.2, -0.15) is 0 Å². The van der Waals surface area contributed by atoms with Gasteiger partial charge in [-0.1, -0.05) is 60.7 Å². The fourth-order valence-electron chi connectivity index (χ4n) is 5.19. The molecule has 0 saturated carbocycles. The van der Waals surface area contributed by atoms with E-state index in [4.69, 9.17) is 29.8 Å². The second-order valence-corrected chi connectivity index (χ2v) is 10.6. The summed E-state index contributed by atoms with van der Waals surface area (Å²) in [7, 11) is 1.50. The molecule has 0 bridgehead atoms. The maximum absolute atomic E-state index is 16.8. The third kappa shape index (κ3) is 5.38. The highest BCUT2D eigenvalue weighted by molar-refractivity contribution is 5.97. The molecule has 4 aromatic carbocycles. The fraction of sp³-hybridized carbons (Fsp3) is 0.212. The zero-order valence-electron chi connectivity index (χ0n) is 23.8. The lowest BCUT2D eigenvalue weighted by Gasteiger charge is -2.41. The maximum Gasteiger partial charge on any atom is 0.265 e. The Kier molecular flexibility index (Phi) is 7.71. The molecule has 5 aromatic rings. The number of benzene rings is 4. The number of hydrazine groups is 1. The van der Waals surface area contributed by atoms with Crippen molar-refractivity contribution >= 4 is 16.9 Å². The van der Waals surface area contributed by atoms with Gasteiger partial charge in [-0.25, -0.2) is 15.2 Å². The van der Waals surface area contributed by atoms with E-state index >= 15 is 4.39 Å². The molecular weight excluding hydrogens is 551 g/mol. The monoisotopic (exact) mass is 582 g/mol. The van der Waals surface area contributed by atoms with Gasteiger partial charge in [0.05, 0.1) is 42.5 Å². The second-order valence-electron chi connectivity index (χ2n) is 10.6. The quantitative estimate of drug-likeness (QED) is 0.130. The number of fused-ring (bicyclic) bond motifs is 1. The molecule has 6 rings (SSSR count). The van der Waals surface area contributed by atoms with Crippen LogP contribution in [0, 0.1) is 5.82 Å². The smallest absolute Gasteiger partial charge is 0.265 e. The van der Waals surface area contributed by atoms with Crippen molar-refractivity contribution in [3.8, 4) is 28.6 Å². The van der Waals surface area contributed by atoms with Crippen LogP contribution in [0.25, 0.3) is 22.4 Å². The molecule has 0 radical (unpaired) electrons. The normalized spacial score (nSPS) is 13.8. The zero-order valence-corrected chi connectivity index (χ0v) is 23.8. The van der Waals surface area contributed by atoms with E-state index in [-0.39, 0.29) is 36.0 Å². The minimum absolute atomic E-state index is 0.0917. The molecule has 1 aliphatic heterocycles. The van der Waals surface area contributed by atoms with Crippen molar-refractivity contribution in [2.75, 3.05) is 20.3 Å². The molecule has 43 heavy (non-hydrogen) atoms. The lowest BCUT2D eigenvalue weighted by Crippen LogP contribution is -2.49. The first-order valence-corrected chi connectivity index (χ1v) is 13.8. The number of imidazole rings is 1. The number of carbonyl (C=O) groups excluding carboxylic acids is 1. The van der Waals surface area contributed by atoms with Crippen LogP contribution in [0.3, 0.4) is 0 Å². The van der Waals surface area contributed by atoms with Gasteiger partial charge in [-0.15, -0.1) is 0 Å². The fourth-order valence-corrected chi connectivity index (χ4v) is 5.19. The second kappa shape index (κ2) is 11.7. The predicted octanol–water partition coefficient (Wildman–Crippen LogP) is 5.36. The molecule has 1 saturated heterocycles. The molecule has 1 fully saturated rings. The lowest BCUT2D eigenvalue weighted by molar-refractivity contribution is -0.0868. The molecular formula is C33H31FN4O5. The molecule has 0 spiro atoms. The molecule has 0 unspecified atom stereocenters. The first-order valence-electron chi connectivity index (χ1n) is 13.8. The number of halogens is 1. The van der Waals surface area contributed by atoms with Crippen molar-refractivity contribution in [2.45, 2.75) is 25.7 Å². The summed E-state index contributed by atoms with van der Waals surface area (Å²) in [5.41, 5.74) is 5.09. The van der Waals surface area contributed by atoms with Crippen molar-refractivity contribution in [1.29, 1.82) is 0 Å². The summed E-state index contributed by atoms with van der Waals surface area (Å²) in [5.74, 6) is 4.96. The summed E-state index contributed by atoms with van der Waals surface area (Å²) in [4.78, 5) is 17.2. The van der Waals surface area contributed by atoms with Crippen molar-refractivity contribution in [3.05, 3.63) is 107 Å². The van der Waals surface area contributed by atoms with Crippen molar-refractivity contribution in [2.24, 2.45) is 5.84 Å². The van der Waals surface area contributed by atoms with E-state index in [0.717, 1.165) is 11.1 Å². The summed E-state index contributed by atoms with van der Waals surface area (Å²) in [6.45, 7) is 3.04. The first kappa shape index (κ1) is 28.2. The third-order valence-corrected chi connectivity index (χ3v) is 7.47. The molecule has 220 valence electrons. The van der Waals surface area contributed by atoms with Crippen molar-refractivity contribution in [3.63, 3.8) is 0 Å². The Morgan fingerprint density at radius 2 is 1.60 bits per heavy atom. The van der Waals surface area contributed by atoms with Crippen LogP contribution in [0.2, 0.25) is 0 Å². The van der Waals surface area contributed by atoms with Gasteiger partial charge in [0, 0.05) is 5.56 Å². The van der Waals surface area contributed by atoms with Gasteiger partial charge in [0.1, 0.15) is 19.0 Å². The van der Waals surface area contributed by atoms with Gasteiger partial charge >= 0.3 is 0 Å². The number of nitrogens with zero attached hydrogens (tertiary/aromatic N) is 2. The van der Waals surface area contributed by atoms with Crippen LogP contribution in [0.1, 0.15) is 28.4 Å². The van der Waals surface area contributed by atoms with E-state index in [0.29, 0.717) is 35.6 Å². The van der Waals surface area contributed by atoms with E-state index in [1.165, 1.54) is 7.11 Å². The number of nitrogens with one attached hydrogen (secondary N) is 1. The van der Waals surface area contributed by atoms with E-state index in [9.17, 15) is 4.79 Å². The molecule has 0 aliphatic carbocycles. The van der Waals surface area contributed by atoms with Crippen LogP contribution in [0.4, 0.5) is 4.39 Å². The lowest BCUT2D eigenvalue weighted by atomic mass is 9.98. The Labute approximate surface area is 247 Å². The van der Waals surface area contributed by atoms with Gasteiger partial charge in [0.2, 0.25) is 11.5 Å². The van der Waals surface area contributed by atoms with E-state index in [2.05, 4.69) is 5.43 Å². The third-order valence-electron chi connectivity index (χ3n) is 7.47. The Bertz CT molecular complexity index is 1770. The van der Waals surface area contributed by atoms with Crippen LogP contribution in [-0.2, 0) is 23.5 Å². The van der Waals surface area contributed by atoms with Crippen LogP contribution < -0.4 is 25.5 Å². The van der Waals surface area contributed by atoms with Crippen LogP contribution in [0.15, 0.2) is 84.9 Å². The molecule has 9 nitrogen and oxygen atoms in total. The molecule has 10 heteroatoms.